The molecular weight excluding hydrogens is 765 g/mol. The Bertz CT molecular complexity index is 3010. The number of hydrogen-bond acceptors (Lipinski definition) is 8. The summed E-state index contributed by atoms with van der Waals surface area (Å²) in [7, 11) is 0. The Hall–Kier alpha value is -7.84. The molecule has 0 spiro atoms. The minimum Gasteiger partial charge on any atom is -0.502 e. The van der Waals surface area contributed by atoms with Gasteiger partial charge in [-0.25, -0.2) is 0 Å². The molecule has 0 aliphatic heterocycles. The molecule has 2 heterocycles. The van der Waals surface area contributed by atoms with Gasteiger partial charge in [-0.2, -0.15) is 0 Å². The van der Waals surface area contributed by atoms with Crippen LogP contribution < -0.4 is 25.1 Å². The van der Waals surface area contributed by atoms with Gasteiger partial charge in [0.25, 0.3) is 0 Å². The molecule has 1 N–H and O–H groups in total. The normalized spacial score (nSPS) is 10.9. The highest BCUT2D eigenvalue weighted by Gasteiger charge is 2.19. The van der Waals surface area contributed by atoms with E-state index in [2.05, 4.69) is 0 Å². The second-order valence-electron chi connectivity index (χ2n) is 14.6. The Balaban J connectivity index is 0.000000173. The summed E-state index contributed by atoms with van der Waals surface area (Å²) in [5.41, 5.74) is 6.88. The van der Waals surface area contributed by atoms with E-state index in [4.69, 9.17) is 23.0 Å². The summed E-state index contributed by atoms with van der Waals surface area (Å²) < 4.78 is 29.8. The van der Waals surface area contributed by atoms with Crippen LogP contribution in [-0.2, 0) is 19.8 Å². The second-order valence-corrected chi connectivity index (χ2v) is 14.6. The molecule has 0 amide bonds. The van der Waals surface area contributed by atoms with E-state index in [0.717, 1.165) is 39.1 Å². The molecule has 0 radical (unpaired) electrons. The summed E-state index contributed by atoms with van der Waals surface area (Å²) in [6.07, 6.45) is 0. The van der Waals surface area contributed by atoms with Crippen molar-refractivity contribution >= 4 is 21.9 Å². The summed E-state index contributed by atoms with van der Waals surface area (Å²) in [5.74, 6) is 1.82. The summed E-state index contributed by atoms with van der Waals surface area (Å²) in [6, 6.07) is 55.1. The number of benzene rings is 7. The lowest BCUT2D eigenvalue weighted by atomic mass is 10.1. The largest absolute Gasteiger partial charge is 0.502 e. The fourth-order valence-corrected chi connectivity index (χ4v) is 6.71. The van der Waals surface area contributed by atoms with Crippen LogP contribution in [0.4, 0.5) is 0 Å². The quantitative estimate of drug-likeness (QED) is 0.138. The first-order valence-corrected chi connectivity index (χ1v) is 19.8. The van der Waals surface area contributed by atoms with Crippen LogP contribution in [0.2, 0.25) is 0 Å². The molecule has 61 heavy (non-hydrogen) atoms. The molecule has 0 saturated carbocycles. The van der Waals surface area contributed by atoms with Crippen molar-refractivity contribution in [1.82, 2.24) is 0 Å². The SMILES string of the molecule is Cc1ccc2c(=O)c(O)c(-c3ccc(OCc4ccccc4)cc3)oc2c1.Cc1ccc2c(=O)c(OCc3ccccc3)c(-c3ccc(OCc4ccccc4)cc3)oc2c1. The Kier molecular flexibility index (Phi) is 12.0. The van der Waals surface area contributed by atoms with Gasteiger partial charge in [-0.05, 0) is 114 Å². The third kappa shape index (κ3) is 9.56. The van der Waals surface area contributed by atoms with E-state index < -0.39 is 5.43 Å². The van der Waals surface area contributed by atoms with Crippen molar-refractivity contribution in [2.24, 2.45) is 0 Å². The zero-order valence-corrected chi connectivity index (χ0v) is 33.7. The molecule has 0 atom stereocenters. The Morgan fingerprint density at radius 1 is 0.443 bits per heavy atom. The number of hydrogen-bond donors (Lipinski definition) is 1. The van der Waals surface area contributed by atoms with Crippen molar-refractivity contribution in [3.63, 3.8) is 0 Å². The monoisotopic (exact) mass is 806 g/mol. The van der Waals surface area contributed by atoms with E-state index in [-0.39, 0.29) is 29.3 Å². The van der Waals surface area contributed by atoms with Gasteiger partial charge in [0.15, 0.2) is 11.5 Å². The van der Waals surface area contributed by atoms with Crippen LogP contribution in [0.5, 0.6) is 23.0 Å². The van der Waals surface area contributed by atoms with Gasteiger partial charge >= 0.3 is 0 Å². The van der Waals surface area contributed by atoms with Crippen molar-refractivity contribution in [2.75, 3.05) is 0 Å². The van der Waals surface area contributed by atoms with Crippen molar-refractivity contribution < 1.29 is 28.2 Å². The van der Waals surface area contributed by atoms with Crippen LogP contribution in [0.3, 0.4) is 0 Å². The first kappa shape index (κ1) is 40.0. The maximum Gasteiger partial charge on any atom is 0.235 e. The van der Waals surface area contributed by atoms with Gasteiger partial charge < -0.3 is 28.2 Å². The lowest BCUT2D eigenvalue weighted by Crippen LogP contribution is -2.10. The molecule has 8 heteroatoms. The number of aromatic hydroxyl groups is 1. The lowest BCUT2D eigenvalue weighted by Gasteiger charge is -2.13. The molecule has 7 aromatic carbocycles. The van der Waals surface area contributed by atoms with Gasteiger partial charge in [0.05, 0.1) is 10.8 Å². The van der Waals surface area contributed by atoms with Crippen LogP contribution in [0.15, 0.2) is 194 Å². The zero-order valence-electron chi connectivity index (χ0n) is 33.7. The predicted molar refractivity (Wildman–Crippen MR) is 239 cm³/mol. The van der Waals surface area contributed by atoms with E-state index >= 15 is 0 Å². The maximum absolute atomic E-state index is 13.4. The van der Waals surface area contributed by atoms with Gasteiger partial charge in [-0.1, -0.05) is 103 Å². The standard InChI is InChI=1S/C30H24O4.C23H18O4/c1-21-12-17-26-27(18-21)34-29(30(28(26)31)33-20-23-10-6-3-7-11-23)24-13-15-25(16-14-24)32-19-22-8-4-2-5-9-22;1-15-7-12-19-20(13-15)27-23(22(25)21(19)24)17-8-10-18(11-9-17)26-14-16-5-3-2-4-6-16/h2-18H,19-20H2,1H3;2-13,25H,14H2,1H3. The summed E-state index contributed by atoms with van der Waals surface area (Å²) in [4.78, 5) is 25.8. The topological polar surface area (TPSA) is 108 Å². The molecule has 9 rings (SSSR count). The van der Waals surface area contributed by atoms with E-state index in [9.17, 15) is 14.7 Å². The highest BCUT2D eigenvalue weighted by Crippen LogP contribution is 2.34. The molecule has 0 bridgehead atoms. The molecule has 2 aromatic heterocycles. The average Bonchev–Trinajstić information content (AvgIpc) is 3.30. The van der Waals surface area contributed by atoms with Crippen LogP contribution >= 0.6 is 0 Å². The number of aryl methyl sites for hydroxylation is 2. The lowest BCUT2D eigenvalue weighted by molar-refractivity contribution is 0.297. The zero-order chi connectivity index (χ0) is 42.1. The minimum absolute atomic E-state index is 0.160. The van der Waals surface area contributed by atoms with Gasteiger partial charge in [0.1, 0.15) is 42.5 Å². The second kappa shape index (κ2) is 18.4. The van der Waals surface area contributed by atoms with Gasteiger partial charge in [0, 0.05) is 11.1 Å². The van der Waals surface area contributed by atoms with E-state index in [1.807, 2.05) is 147 Å². The van der Waals surface area contributed by atoms with Crippen molar-refractivity contribution in [2.45, 2.75) is 33.7 Å². The molecule has 0 aliphatic rings. The summed E-state index contributed by atoms with van der Waals surface area (Å²) in [5, 5.41) is 11.2. The van der Waals surface area contributed by atoms with Gasteiger partial charge in [-0.15, -0.1) is 0 Å². The molecule has 9 aromatic rings. The van der Waals surface area contributed by atoms with Crippen LogP contribution in [0.1, 0.15) is 27.8 Å². The van der Waals surface area contributed by atoms with E-state index in [1.54, 1.807) is 42.5 Å². The van der Waals surface area contributed by atoms with Crippen LogP contribution in [0.25, 0.3) is 44.6 Å². The van der Waals surface area contributed by atoms with Crippen molar-refractivity contribution in [3.8, 4) is 45.6 Å². The van der Waals surface area contributed by atoms with E-state index in [1.165, 1.54) is 0 Å². The Labute approximate surface area is 352 Å². The first-order chi connectivity index (χ1) is 29.8. The number of ether oxygens (including phenoxy) is 3. The Morgan fingerprint density at radius 2 is 0.836 bits per heavy atom. The van der Waals surface area contributed by atoms with Crippen molar-refractivity contribution in [1.29, 1.82) is 0 Å². The summed E-state index contributed by atoms with van der Waals surface area (Å²) >= 11 is 0. The van der Waals surface area contributed by atoms with Gasteiger partial charge in [-0.3, -0.25) is 9.59 Å². The number of rotatable bonds is 11. The number of fused-ring (bicyclic) bond motifs is 2. The average molecular weight is 807 g/mol. The molecule has 0 unspecified atom stereocenters. The highest BCUT2D eigenvalue weighted by molar-refractivity contribution is 5.83. The smallest absolute Gasteiger partial charge is 0.235 e. The molecule has 0 saturated heterocycles. The fraction of sp³-hybridized carbons (Fsp3) is 0.0943. The molecule has 0 aliphatic carbocycles. The van der Waals surface area contributed by atoms with Crippen LogP contribution in [0, 0.1) is 13.8 Å². The molecule has 302 valence electrons. The van der Waals surface area contributed by atoms with E-state index in [0.29, 0.717) is 52.2 Å². The molecular formula is C53H42O8. The Morgan fingerprint density at radius 3 is 1.30 bits per heavy atom. The fourth-order valence-electron chi connectivity index (χ4n) is 6.71. The predicted octanol–water partition coefficient (Wildman–Crippen LogP) is 12.0. The summed E-state index contributed by atoms with van der Waals surface area (Å²) in [6.45, 7) is 5.11. The van der Waals surface area contributed by atoms with Crippen LogP contribution in [-0.4, -0.2) is 5.11 Å². The third-order valence-corrected chi connectivity index (χ3v) is 9.99. The third-order valence-electron chi connectivity index (χ3n) is 9.99. The highest BCUT2D eigenvalue weighted by atomic mass is 16.5. The first-order valence-electron chi connectivity index (χ1n) is 19.8. The molecule has 8 nitrogen and oxygen atoms in total. The van der Waals surface area contributed by atoms with Crippen molar-refractivity contribution in [3.05, 3.63) is 224 Å². The maximum atomic E-state index is 13.4. The minimum atomic E-state index is -0.435. The molecule has 0 fully saturated rings. The van der Waals surface area contributed by atoms with Gasteiger partial charge in [0.2, 0.25) is 22.4 Å².